The van der Waals surface area contributed by atoms with Gasteiger partial charge in [-0.3, -0.25) is 0 Å². The molecular formula is C11H17FN2O4S. The average Bonchev–Trinajstić information content (AvgIpc) is 2.31. The fourth-order valence-electron chi connectivity index (χ4n) is 1.34. The number of hydrogen-bond acceptors (Lipinski definition) is 5. The molecule has 0 amide bonds. The molecule has 8 heteroatoms. The van der Waals surface area contributed by atoms with E-state index in [1.165, 1.54) is 13.8 Å². The average molecular weight is 292 g/mol. The first-order valence-corrected chi connectivity index (χ1v) is 6.96. The van der Waals surface area contributed by atoms with Crippen molar-refractivity contribution >= 4 is 15.7 Å². The minimum absolute atomic E-state index is 0.167. The Morgan fingerprint density at radius 2 is 2.05 bits per heavy atom. The van der Waals surface area contributed by atoms with Gasteiger partial charge in [-0.1, -0.05) is 0 Å². The zero-order valence-electron chi connectivity index (χ0n) is 10.6. The van der Waals surface area contributed by atoms with Gasteiger partial charge in [0.25, 0.3) is 0 Å². The molecule has 0 aliphatic carbocycles. The van der Waals surface area contributed by atoms with Crippen LogP contribution in [0, 0.1) is 12.7 Å². The Balaban J connectivity index is 3.05. The zero-order valence-corrected chi connectivity index (χ0v) is 11.5. The van der Waals surface area contributed by atoms with Crippen molar-refractivity contribution in [3.8, 4) is 0 Å². The minimum atomic E-state index is -3.94. The lowest BCUT2D eigenvalue weighted by molar-refractivity contribution is 0.00681. The summed E-state index contributed by atoms with van der Waals surface area (Å²) in [5.41, 5.74) is 3.68. The number of rotatable bonds is 5. The molecule has 0 aliphatic rings. The van der Waals surface area contributed by atoms with Crippen LogP contribution in [0.2, 0.25) is 0 Å². The summed E-state index contributed by atoms with van der Waals surface area (Å²) in [6.45, 7) is 1.74. The molecule has 0 saturated carbocycles. The van der Waals surface area contributed by atoms with Gasteiger partial charge >= 0.3 is 0 Å². The SMILES string of the molecule is Cc1cc(F)c(N)cc1S(=O)(=O)NCC(C)(O)CO. The molecule has 0 bridgehead atoms. The number of aryl methyl sites for hydroxylation is 1. The quantitative estimate of drug-likeness (QED) is 0.558. The molecule has 0 radical (unpaired) electrons. The highest BCUT2D eigenvalue weighted by atomic mass is 32.2. The number of hydrogen-bond donors (Lipinski definition) is 4. The van der Waals surface area contributed by atoms with Gasteiger partial charge in [-0.25, -0.2) is 17.5 Å². The number of halogens is 1. The summed E-state index contributed by atoms with van der Waals surface area (Å²) in [6.07, 6.45) is 0. The molecule has 108 valence electrons. The first kappa shape index (κ1) is 15.8. The van der Waals surface area contributed by atoms with Gasteiger partial charge in [0.15, 0.2) is 0 Å². The normalized spacial score (nSPS) is 15.2. The first-order valence-electron chi connectivity index (χ1n) is 5.47. The third-order valence-electron chi connectivity index (χ3n) is 2.57. The fourth-order valence-corrected chi connectivity index (χ4v) is 2.76. The van der Waals surface area contributed by atoms with Gasteiger partial charge in [-0.2, -0.15) is 0 Å². The highest BCUT2D eigenvalue weighted by molar-refractivity contribution is 7.89. The van der Waals surface area contributed by atoms with Crippen molar-refractivity contribution in [3.05, 3.63) is 23.5 Å². The van der Waals surface area contributed by atoms with Gasteiger partial charge in [0.1, 0.15) is 5.82 Å². The van der Waals surface area contributed by atoms with E-state index in [0.717, 1.165) is 12.1 Å². The summed E-state index contributed by atoms with van der Waals surface area (Å²) in [7, 11) is -3.94. The van der Waals surface area contributed by atoms with Gasteiger partial charge in [-0.05, 0) is 31.5 Å². The standard InChI is InChI=1S/C11H17FN2O4S/c1-7-3-8(12)9(13)4-10(7)19(17,18)14-5-11(2,16)6-15/h3-4,14-16H,5-6,13H2,1-2H3. The first-order chi connectivity index (χ1) is 8.59. The van der Waals surface area contributed by atoms with E-state index in [-0.39, 0.29) is 22.7 Å². The number of aliphatic hydroxyl groups excluding tert-OH is 1. The monoisotopic (exact) mass is 292 g/mol. The van der Waals surface area contributed by atoms with E-state index in [1.54, 1.807) is 0 Å². The lowest BCUT2D eigenvalue weighted by Gasteiger charge is -2.21. The van der Waals surface area contributed by atoms with Crippen molar-refractivity contribution in [1.29, 1.82) is 0 Å². The molecule has 0 heterocycles. The minimum Gasteiger partial charge on any atom is -0.396 e. The van der Waals surface area contributed by atoms with Gasteiger partial charge in [0.05, 0.1) is 22.8 Å². The maximum absolute atomic E-state index is 13.2. The number of nitrogen functional groups attached to an aromatic ring is 1. The highest BCUT2D eigenvalue weighted by Crippen LogP contribution is 2.21. The largest absolute Gasteiger partial charge is 0.396 e. The topological polar surface area (TPSA) is 113 Å². The molecule has 1 aromatic carbocycles. The molecule has 0 fully saturated rings. The van der Waals surface area contributed by atoms with E-state index in [9.17, 15) is 17.9 Å². The van der Waals surface area contributed by atoms with E-state index in [4.69, 9.17) is 10.8 Å². The maximum Gasteiger partial charge on any atom is 0.241 e. The van der Waals surface area contributed by atoms with Crippen molar-refractivity contribution in [2.75, 3.05) is 18.9 Å². The fraction of sp³-hybridized carbons (Fsp3) is 0.455. The van der Waals surface area contributed by atoms with Gasteiger partial charge in [-0.15, -0.1) is 0 Å². The number of anilines is 1. The molecule has 5 N–H and O–H groups in total. The maximum atomic E-state index is 13.2. The van der Waals surface area contributed by atoms with Crippen molar-refractivity contribution in [2.24, 2.45) is 0 Å². The molecule has 1 rings (SSSR count). The number of nitrogens with two attached hydrogens (primary N) is 1. The predicted molar refractivity (Wildman–Crippen MR) is 68.4 cm³/mol. The summed E-state index contributed by atoms with van der Waals surface area (Å²) >= 11 is 0. The molecule has 0 spiro atoms. The van der Waals surface area contributed by atoms with Crippen LogP contribution in [0.15, 0.2) is 17.0 Å². The molecule has 0 aliphatic heterocycles. The summed E-state index contributed by atoms with van der Waals surface area (Å²) in [5.74, 6) is -0.696. The Morgan fingerprint density at radius 1 is 1.47 bits per heavy atom. The summed E-state index contributed by atoms with van der Waals surface area (Å²) in [5, 5.41) is 18.4. The molecule has 19 heavy (non-hydrogen) atoms. The van der Waals surface area contributed by atoms with E-state index in [0.29, 0.717) is 0 Å². The Bertz CT molecular complexity index is 572. The predicted octanol–water partition coefficient (Wildman–Crippen LogP) is -0.262. The van der Waals surface area contributed by atoms with Crippen molar-refractivity contribution < 1.29 is 23.0 Å². The Labute approximate surface area is 111 Å². The van der Waals surface area contributed by atoms with Crippen LogP contribution < -0.4 is 10.5 Å². The molecule has 1 unspecified atom stereocenters. The second-order valence-electron chi connectivity index (χ2n) is 4.62. The van der Waals surface area contributed by atoms with Gasteiger partial charge in [0.2, 0.25) is 10.0 Å². The van der Waals surface area contributed by atoms with Gasteiger partial charge < -0.3 is 15.9 Å². The molecule has 0 aromatic heterocycles. The van der Waals surface area contributed by atoms with E-state index >= 15 is 0 Å². The lowest BCUT2D eigenvalue weighted by atomic mass is 10.1. The molecule has 0 saturated heterocycles. The van der Waals surface area contributed by atoms with Crippen LogP contribution in [0.5, 0.6) is 0 Å². The van der Waals surface area contributed by atoms with Crippen molar-refractivity contribution in [1.82, 2.24) is 4.72 Å². The third-order valence-corrected chi connectivity index (χ3v) is 4.11. The molecule has 1 aromatic rings. The van der Waals surface area contributed by atoms with Crippen LogP contribution in [-0.4, -0.2) is 37.4 Å². The highest BCUT2D eigenvalue weighted by Gasteiger charge is 2.25. The molecule has 6 nitrogen and oxygen atoms in total. The van der Waals surface area contributed by atoms with E-state index in [1.807, 2.05) is 0 Å². The number of aliphatic hydroxyl groups is 2. The second-order valence-corrected chi connectivity index (χ2v) is 6.35. The van der Waals surface area contributed by atoms with E-state index < -0.39 is 28.0 Å². The Kier molecular flexibility index (Phi) is 4.51. The van der Waals surface area contributed by atoms with Crippen LogP contribution in [0.1, 0.15) is 12.5 Å². The number of benzene rings is 1. The second kappa shape index (κ2) is 5.41. The van der Waals surface area contributed by atoms with Crippen LogP contribution in [0.4, 0.5) is 10.1 Å². The lowest BCUT2D eigenvalue weighted by Crippen LogP contribution is -2.43. The van der Waals surface area contributed by atoms with Crippen LogP contribution in [0.25, 0.3) is 0 Å². The van der Waals surface area contributed by atoms with Crippen molar-refractivity contribution in [3.63, 3.8) is 0 Å². The summed E-state index contributed by atoms with van der Waals surface area (Å²) in [4.78, 5) is -0.167. The number of sulfonamides is 1. The Hall–Kier alpha value is -1.22. The van der Waals surface area contributed by atoms with Gasteiger partial charge in [0, 0.05) is 6.54 Å². The van der Waals surface area contributed by atoms with Crippen molar-refractivity contribution in [2.45, 2.75) is 24.3 Å². The Morgan fingerprint density at radius 3 is 2.58 bits per heavy atom. The van der Waals surface area contributed by atoms with Crippen LogP contribution >= 0.6 is 0 Å². The smallest absolute Gasteiger partial charge is 0.241 e. The van der Waals surface area contributed by atoms with Crippen LogP contribution in [0.3, 0.4) is 0 Å². The zero-order chi connectivity index (χ0) is 14.8. The molecule has 1 atom stereocenters. The van der Waals surface area contributed by atoms with E-state index in [2.05, 4.69) is 4.72 Å². The summed E-state index contributed by atoms with van der Waals surface area (Å²) in [6, 6.07) is 2.04. The molecular weight excluding hydrogens is 275 g/mol. The third kappa shape index (κ3) is 3.87. The van der Waals surface area contributed by atoms with Crippen LogP contribution in [-0.2, 0) is 10.0 Å². The number of nitrogens with one attached hydrogen (secondary N) is 1. The summed E-state index contributed by atoms with van der Waals surface area (Å²) < 4.78 is 39.3.